The summed E-state index contributed by atoms with van der Waals surface area (Å²) in [6.07, 6.45) is 1.83. The SMILES string of the molecule is CCCNC(CCO)c1cc(C)oc1C. The van der Waals surface area contributed by atoms with Gasteiger partial charge in [0.1, 0.15) is 11.5 Å². The fourth-order valence-corrected chi connectivity index (χ4v) is 1.81. The molecule has 0 aliphatic rings. The van der Waals surface area contributed by atoms with Gasteiger partial charge in [-0.25, -0.2) is 0 Å². The molecule has 0 radical (unpaired) electrons. The Bertz CT molecular complexity index is 294. The number of aryl methyl sites for hydroxylation is 2. The highest BCUT2D eigenvalue weighted by atomic mass is 16.3. The lowest BCUT2D eigenvalue weighted by atomic mass is 10.0. The van der Waals surface area contributed by atoms with Crippen molar-refractivity contribution in [2.75, 3.05) is 13.2 Å². The Morgan fingerprint density at radius 2 is 2.20 bits per heavy atom. The Labute approximate surface area is 91.5 Å². The Balaban J connectivity index is 2.73. The summed E-state index contributed by atoms with van der Waals surface area (Å²) in [7, 11) is 0. The van der Waals surface area contributed by atoms with Crippen LogP contribution in [0.1, 0.15) is 42.9 Å². The second-order valence-corrected chi connectivity index (χ2v) is 3.89. The predicted octanol–water partition coefficient (Wildman–Crippen LogP) is 2.32. The molecule has 2 N–H and O–H groups in total. The first-order valence-electron chi connectivity index (χ1n) is 5.60. The van der Waals surface area contributed by atoms with E-state index in [1.54, 1.807) is 0 Å². The van der Waals surface area contributed by atoms with Gasteiger partial charge < -0.3 is 14.8 Å². The molecule has 1 aromatic rings. The monoisotopic (exact) mass is 211 g/mol. The Morgan fingerprint density at radius 1 is 1.47 bits per heavy atom. The van der Waals surface area contributed by atoms with Crippen molar-refractivity contribution in [2.24, 2.45) is 0 Å². The number of rotatable bonds is 6. The van der Waals surface area contributed by atoms with Gasteiger partial charge in [-0.1, -0.05) is 6.92 Å². The summed E-state index contributed by atoms with van der Waals surface area (Å²) in [5, 5.41) is 12.4. The summed E-state index contributed by atoms with van der Waals surface area (Å²) >= 11 is 0. The van der Waals surface area contributed by atoms with E-state index < -0.39 is 0 Å². The number of furan rings is 1. The van der Waals surface area contributed by atoms with Crippen LogP contribution in [0.5, 0.6) is 0 Å². The van der Waals surface area contributed by atoms with Crippen LogP contribution in [0.4, 0.5) is 0 Å². The highest BCUT2D eigenvalue weighted by Gasteiger charge is 2.15. The third kappa shape index (κ3) is 3.36. The van der Waals surface area contributed by atoms with Crippen LogP contribution in [0.25, 0.3) is 0 Å². The molecule has 1 unspecified atom stereocenters. The van der Waals surface area contributed by atoms with E-state index in [1.807, 2.05) is 13.8 Å². The van der Waals surface area contributed by atoms with E-state index in [9.17, 15) is 0 Å². The molecule has 1 rings (SSSR count). The van der Waals surface area contributed by atoms with E-state index in [-0.39, 0.29) is 12.6 Å². The minimum absolute atomic E-state index is 0.199. The van der Waals surface area contributed by atoms with Crippen LogP contribution in [-0.4, -0.2) is 18.3 Å². The molecule has 0 spiro atoms. The maximum absolute atomic E-state index is 9.02. The highest BCUT2D eigenvalue weighted by molar-refractivity contribution is 5.24. The standard InChI is InChI=1S/C12H21NO2/c1-4-6-13-12(5-7-14)11-8-9(2)15-10(11)3/h8,12-14H,4-7H2,1-3H3. The van der Waals surface area contributed by atoms with Crippen LogP contribution in [0.2, 0.25) is 0 Å². The molecular weight excluding hydrogens is 190 g/mol. The number of hydrogen-bond acceptors (Lipinski definition) is 3. The molecule has 1 aromatic heterocycles. The van der Waals surface area contributed by atoms with E-state index in [0.717, 1.165) is 30.9 Å². The number of aliphatic hydroxyl groups is 1. The largest absolute Gasteiger partial charge is 0.466 e. The van der Waals surface area contributed by atoms with Gasteiger partial charge in [-0.2, -0.15) is 0 Å². The molecule has 3 nitrogen and oxygen atoms in total. The fourth-order valence-electron chi connectivity index (χ4n) is 1.81. The van der Waals surface area contributed by atoms with Crippen LogP contribution in [0.15, 0.2) is 10.5 Å². The van der Waals surface area contributed by atoms with Gasteiger partial charge in [-0.05, 0) is 39.3 Å². The molecule has 0 saturated carbocycles. The summed E-state index contributed by atoms with van der Waals surface area (Å²) in [6.45, 7) is 7.22. The molecule has 0 bridgehead atoms. The average molecular weight is 211 g/mol. The van der Waals surface area contributed by atoms with Crippen LogP contribution in [-0.2, 0) is 0 Å². The quantitative estimate of drug-likeness (QED) is 0.759. The van der Waals surface area contributed by atoms with Gasteiger partial charge in [0.25, 0.3) is 0 Å². The third-order valence-electron chi connectivity index (χ3n) is 2.51. The van der Waals surface area contributed by atoms with Crippen molar-refractivity contribution < 1.29 is 9.52 Å². The molecular formula is C12H21NO2. The molecule has 0 fully saturated rings. The van der Waals surface area contributed by atoms with Gasteiger partial charge in [-0.15, -0.1) is 0 Å². The lowest BCUT2D eigenvalue weighted by molar-refractivity contribution is 0.265. The first-order chi connectivity index (χ1) is 7.19. The molecule has 0 aliphatic carbocycles. The van der Waals surface area contributed by atoms with Crippen LogP contribution in [0, 0.1) is 13.8 Å². The highest BCUT2D eigenvalue weighted by Crippen LogP contribution is 2.23. The minimum Gasteiger partial charge on any atom is -0.466 e. The van der Waals surface area contributed by atoms with E-state index in [0.29, 0.717) is 0 Å². The summed E-state index contributed by atoms with van der Waals surface area (Å²) < 4.78 is 5.50. The zero-order valence-corrected chi connectivity index (χ0v) is 9.84. The minimum atomic E-state index is 0.199. The average Bonchev–Trinajstić information content (AvgIpc) is 2.52. The maximum Gasteiger partial charge on any atom is 0.105 e. The van der Waals surface area contributed by atoms with Crippen molar-refractivity contribution in [3.05, 3.63) is 23.2 Å². The first-order valence-corrected chi connectivity index (χ1v) is 5.60. The maximum atomic E-state index is 9.02. The van der Waals surface area contributed by atoms with Crippen molar-refractivity contribution >= 4 is 0 Å². The molecule has 3 heteroatoms. The van der Waals surface area contributed by atoms with Gasteiger partial charge >= 0.3 is 0 Å². The van der Waals surface area contributed by atoms with E-state index >= 15 is 0 Å². The second-order valence-electron chi connectivity index (χ2n) is 3.89. The lowest BCUT2D eigenvalue weighted by Gasteiger charge is -2.16. The molecule has 0 aliphatic heterocycles. The lowest BCUT2D eigenvalue weighted by Crippen LogP contribution is -2.23. The van der Waals surface area contributed by atoms with Crippen molar-refractivity contribution in [1.82, 2.24) is 5.32 Å². The predicted molar refractivity (Wildman–Crippen MR) is 60.9 cm³/mol. The van der Waals surface area contributed by atoms with Crippen molar-refractivity contribution in [2.45, 2.75) is 39.7 Å². The van der Waals surface area contributed by atoms with Gasteiger partial charge in [0.15, 0.2) is 0 Å². The van der Waals surface area contributed by atoms with Gasteiger partial charge in [0.05, 0.1) is 0 Å². The molecule has 0 aromatic carbocycles. The Hall–Kier alpha value is -0.800. The van der Waals surface area contributed by atoms with Crippen LogP contribution in [0.3, 0.4) is 0 Å². The topological polar surface area (TPSA) is 45.4 Å². The van der Waals surface area contributed by atoms with Gasteiger partial charge in [-0.3, -0.25) is 0 Å². The molecule has 1 heterocycles. The smallest absolute Gasteiger partial charge is 0.105 e. The van der Waals surface area contributed by atoms with E-state index in [1.165, 1.54) is 5.56 Å². The number of aliphatic hydroxyl groups excluding tert-OH is 1. The molecule has 0 saturated heterocycles. The summed E-state index contributed by atoms with van der Waals surface area (Å²) in [5.41, 5.74) is 1.18. The molecule has 0 amide bonds. The van der Waals surface area contributed by atoms with Crippen molar-refractivity contribution in [3.63, 3.8) is 0 Å². The van der Waals surface area contributed by atoms with E-state index in [4.69, 9.17) is 9.52 Å². The Morgan fingerprint density at radius 3 is 2.67 bits per heavy atom. The summed E-state index contributed by atoms with van der Waals surface area (Å²) in [6, 6.07) is 2.27. The summed E-state index contributed by atoms with van der Waals surface area (Å²) in [5.74, 6) is 1.89. The van der Waals surface area contributed by atoms with Crippen LogP contribution >= 0.6 is 0 Å². The van der Waals surface area contributed by atoms with Crippen molar-refractivity contribution in [3.8, 4) is 0 Å². The second kappa shape index (κ2) is 5.93. The number of hydrogen-bond donors (Lipinski definition) is 2. The zero-order valence-electron chi connectivity index (χ0n) is 9.84. The molecule has 86 valence electrons. The van der Waals surface area contributed by atoms with Crippen LogP contribution < -0.4 is 5.32 Å². The van der Waals surface area contributed by atoms with Crippen molar-refractivity contribution in [1.29, 1.82) is 0 Å². The number of nitrogens with one attached hydrogen (secondary N) is 1. The van der Waals surface area contributed by atoms with E-state index in [2.05, 4.69) is 18.3 Å². The Kier molecular flexibility index (Phi) is 4.85. The molecule has 1 atom stereocenters. The normalized spacial score (nSPS) is 13.1. The zero-order chi connectivity index (χ0) is 11.3. The summed E-state index contributed by atoms with van der Waals surface area (Å²) in [4.78, 5) is 0. The molecule has 15 heavy (non-hydrogen) atoms. The third-order valence-corrected chi connectivity index (χ3v) is 2.51. The van der Waals surface area contributed by atoms with Gasteiger partial charge in [0.2, 0.25) is 0 Å². The van der Waals surface area contributed by atoms with Gasteiger partial charge in [0, 0.05) is 18.2 Å². The fraction of sp³-hybridized carbons (Fsp3) is 0.667. The first kappa shape index (κ1) is 12.3.